The molecule has 0 aromatic heterocycles. The minimum absolute atomic E-state index is 0.0818. The van der Waals surface area contributed by atoms with Crippen LogP contribution in [0.15, 0.2) is 18.2 Å². The van der Waals surface area contributed by atoms with Crippen LogP contribution in [0, 0.1) is 11.8 Å². The van der Waals surface area contributed by atoms with Gasteiger partial charge in [-0.25, -0.2) is 0 Å². The SMILES string of the molecule is COc1ccc(C(N)=O)c(OCC(=O)N2C[C@H](C)C[C@@H](C)C2)c1. The van der Waals surface area contributed by atoms with Gasteiger partial charge < -0.3 is 20.1 Å². The number of rotatable bonds is 5. The number of primary amides is 1. The zero-order chi connectivity index (χ0) is 17.0. The Morgan fingerprint density at radius 3 is 2.48 bits per heavy atom. The van der Waals surface area contributed by atoms with Gasteiger partial charge in [-0.15, -0.1) is 0 Å². The van der Waals surface area contributed by atoms with Gasteiger partial charge >= 0.3 is 0 Å². The van der Waals surface area contributed by atoms with Gasteiger partial charge in [-0.2, -0.15) is 0 Å². The third-order valence-corrected chi connectivity index (χ3v) is 4.03. The first-order valence-electron chi connectivity index (χ1n) is 7.79. The minimum Gasteiger partial charge on any atom is -0.497 e. The molecular weight excluding hydrogens is 296 g/mol. The Balaban J connectivity index is 2.05. The highest BCUT2D eigenvalue weighted by molar-refractivity contribution is 5.96. The van der Waals surface area contributed by atoms with E-state index >= 15 is 0 Å². The maximum Gasteiger partial charge on any atom is 0.260 e. The Hall–Kier alpha value is -2.24. The van der Waals surface area contributed by atoms with E-state index in [0.717, 1.165) is 19.5 Å². The van der Waals surface area contributed by atoms with Crippen molar-refractivity contribution in [3.63, 3.8) is 0 Å². The van der Waals surface area contributed by atoms with Gasteiger partial charge in [0.1, 0.15) is 11.5 Å². The molecule has 0 spiro atoms. The quantitative estimate of drug-likeness (QED) is 0.895. The molecule has 23 heavy (non-hydrogen) atoms. The largest absolute Gasteiger partial charge is 0.497 e. The number of amides is 2. The summed E-state index contributed by atoms with van der Waals surface area (Å²) >= 11 is 0. The summed E-state index contributed by atoms with van der Waals surface area (Å²) in [5.74, 6) is 1.10. The summed E-state index contributed by atoms with van der Waals surface area (Å²) in [7, 11) is 1.52. The van der Waals surface area contributed by atoms with Crippen molar-refractivity contribution in [2.24, 2.45) is 17.6 Å². The molecule has 1 fully saturated rings. The Labute approximate surface area is 136 Å². The van der Waals surface area contributed by atoms with Crippen LogP contribution in [0.25, 0.3) is 0 Å². The number of hydrogen-bond acceptors (Lipinski definition) is 4. The molecule has 1 heterocycles. The number of piperidine rings is 1. The van der Waals surface area contributed by atoms with E-state index in [1.807, 2.05) is 4.90 Å². The van der Waals surface area contributed by atoms with Crippen LogP contribution >= 0.6 is 0 Å². The van der Waals surface area contributed by atoms with E-state index in [1.54, 1.807) is 12.1 Å². The summed E-state index contributed by atoms with van der Waals surface area (Å²) in [5, 5.41) is 0. The monoisotopic (exact) mass is 320 g/mol. The van der Waals surface area contributed by atoms with Gasteiger partial charge in [-0.3, -0.25) is 9.59 Å². The van der Waals surface area contributed by atoms with E-state index in [0.29, 0.717) is 17.6 Å². The summed E-state index contributed by atoms with van der Waals surface area (Å²) in [4.78, 5) is 25.6. The number of nitrogens with two attached hydrogens (primary N) is 1. The maximum absolute atomic E-state index is 12.4. The van der Waals surface area contributed by atoms with Gasteiger partial charge in [-0.1, -0.05) is 13.8 Å². The van der Waals surface area contributed by atoms with Gasteiger partial charge in [-0.05, 0) is 30.4 Å². The summed E-state index contributed by atoms with van der Waals surface area (Å²) in [5.41, 5.74) is 5.57. The highest BCUT2D eigenvalue weighted by atomic mass is 16.5. The number of methoxy groups -OCH3 is 1. The van der Waals surface area contributed by atoms with E-state index in [4.69, 9.17) is 15.2 Å². The number of carbonyl (C=O) groups excluding carboxylic acids is 2. The smallest absolute Gasteiger partial charge is 0.260 e. The Morgan fingerprint density at radius 1 is 1.26 bits per heavy atom. The highest BCUT2D eigenvalue weighted by Crippen LogP contribution is 2.25. The standard InChI is InChI=1S/C17H24N2O4/c1-11-6-12(2)9-19(8-11)16(20)10-23-15-7-13(22-3)4-5-14(15)17(18)21/h4-5,7,11-12H,6,8-10H2,1-3H3,(H2,18,21)/t11-,12-/m1/s1. The molecule has 1 aromatic rings. The fraction of sp³-hybridized carbons (Fsp3) is 0.529. The molecule has 0 radical (unpaired) electrons. The van der Waals surface area contributed by atoms with Crippen LogP contribution in [0.1, 0.15) is 30.6 Å². The Bertz CT molecular complexity index is 578. The van der Waals surface area contributed by atoms with Crippen LogP contribution in [-0.2, 0) is 4.79 Å². The normalized spacial score (nSPS) is 20.9. The van der Waals surface area contributed by atoms with Crippen LogP contribution in [0.3, 0.4) is 0 Å². The van der Waals surface area contributed by atoms with Gasteiger partial charge in [0.15, 0.2) is 6.61 Å². The number of ether oxygens (including phenoxy) is 2. The number of hydrogen-bond donors (Lipinski definition) is 1. The molecule has 1 aliphatic heterocycles. The lowest BCUT2D eigenvalue weighted by Crippen LogP contribution is -2.44. The van der Waals surface area contributed by atoms with Crippen molar-refractivity contribution in [2.75, 3.05) is 26.8 Å². The van der Waals surface area contributed by atoms with E-state index in [-0.39, 0.29) is 23.8 Å². The number of benzene rings is 1. The number of likely N-dealkylation sites (tertiary alicyclic amines) is 1. The molecule has 6 nitrogen and oxygen atoms in total. The zero-order valence-corrected chi connectivity index (χ0v) is 13.9. The molecule has 2 N–H and O–H groups in total. The fourth-order valence-corrected chi connectivity index (χ4v) is 3.05. The molecule has 0 aliphatic carbocycles. The molecule has 2 rings (SSSR count). The van der Waals surface area contributed by atoms with Gasteiger partial charge in [0.25, 0.3) is 11.8 Å². The number of carbonyl (C=O) groups is 2. The fourth-order valence-electron chi connectivity index (χ4n) is 3.05. The van der Waals surface area contributed by atoms with Crippen molar-refractivity contribution in [3.05, 3.63) is 23.8 Å². The highest BCUT2D eigenvalue weighted by Gasteiger charge is 2.25. The third kappa shape index (κ3) is 4.37. The second kappa shape index (κ2) is 7.35. The molecule has 1 aliphatic rings. The van der Waals surface area contributed by atoms with Crippen molar-refractivity contribution in [1.29, 1.82) is 0 Å². The van der Waals surface area contributed by atoms with Crippen LogP contribution in [0.2, 0.25) is 0 Å². The molecule has 1 aromatic carbocycles. The summed E-state index contributed by atoms with van der Waals surface area (Å²) in [6.45, 7) is 5.65. The Kier molecular flexibility index (Phi) is 5.47. The first-order chi connectivity index (χ1) is 10.9. The van der Waals surface area contributed by atoms with Gasteiger partial charge in [0.2, 0.25) is 0 Å². The molecule has 126 valence electrons. The molecular formula is C17H24N2O4. The molecule has 6 heteroatoms. The topological polar surface area (TPSA) is 81.9 Å². The van der Waals surface area contributed by atoms with Crippen LogP contribution in [0.4, 0.5) is 0 Å². The first-order valence-corrected chi connectivity index (χ1v) is 7.79. The molecule has 0 unspecified atom stereocenters. The van der Waals surface area contributed by atoms with E-state index < -0.39 is 5.91 Å². The zero-order valence-electron chi connectivity index (χ0n) is 13.9. The van der Waals surface area contributed by atoms with E-state index in [9.17, 15) is 9.59 Å². The van der Waals surface area contributed by atoms with E-state index in [1.165, 1.54) is 13.2 Å². The average molecular weight is 320 g/mol. The van der Waals surface area contributed by atoms with Crippen molar-refractivity contribution >= 4 is 11.8 Å². The lowest BCUT2D eigenvalue weighted by atomic mass is 9.92. The van der Waals surface area contributed by atoms with Crippen LogP contribution < -0.4 is 15.2 Å². The van der Waals surface area contributed by atoms with Crippen molar-refractivity contribution < 1.29 is 19.1 Å². The van der Waals surface area contributed by atoms with Gasteiger partial charge in [0, 0.05) is 19.2 Å². The van der Waals surface area contributed by atoms with E-state index in [2.05, 4.69) is 13.8 Å². The Morgan fingerprint density at radius 2 is 1.91 bits per heavy atom. The van der Waals surface area contributed by atoms with Crippen LogP contribution in [0.5, 0.6) is 11.5 Å². The lowest BCUT2D eigenvalue weighted by molar-refractivity contribution is -0.136. The van der Waals surface area contributed by atoms with Crippen molar-refractivity contribution in [2.45, 2.75) is 20.3 Å². The summed E-state index contributed by atoms with van der Waals surface area (Å²) in [6.07, 6.45) is 1.13. The second-order valence-electron chi connectivity index (χ2n) is 6.26. The minimum atomic E-state index is -0.602. The molecule has 0 bridgehead atoms. The molecule has 0 saturated carbocycles. The summed E-state index contributed by atoms with van der Waals surface area (Å²) < 4.78 is 10.7. The maximum atomic E-state index is 12.4. The third-order valence-electron chi connectivity index (χ3n) is 4.03. The lowest BCUT2D eigenvalue weighted by Gasteiger charge is -2.34. The summed E-state index contributed by atoms with van der Waals surface area (Å²) in [6, 6.07) is 4.73. The second-order valence-corrected chi connectivity index (χ2v) is 6.26. The molecule has 2 atom stereocenters. The van der Waals surface area contributed by atoms with Crippen molar-refractivity contribution in [3.8, 4) is 11.5 Å². The van der Waals surface area contributed by atoms with Crippen molar-refractivity contribution in [1.82, 2.24) is 4.90 Å². The predicted molar refractivity (Wildman–Crippen MR) is 86.5 cm³/mol. The average Bonchev–Trinajstić information content (AvgIpc) is 2.51. The first kappa shape index (κ1) is 17.1. The molecule has 1 saturated heterocycles. The van der Waals surface area contributed by atoms with Gasteiger partial charge in [0.05, 0.1) is 12.7 Å². The number of nitrogens with zero attached hydrogens (tertiary/aromatic N) is 1. The molecule has 2 amide bonds. The van der Waals surface area contributed by atoms with Crippen LogP contribution in [-0.4, -0.2) is 43.5 Å². The predicted octanol–water partition coefficient (Wildman–Crippen LogP) is 1.68.